The molecule has 23 heavy (non-hydrogen) atoms. The lowest BCUT2D eigenvalue weighted by Crippen LogP contribution is -2.49. The predicted molar refractivity (Wildman–Crippen MR) is 78.2 cm³/mol. The molecule has 4 rings (SSSR count). The van der Waals surface area contributed by atoms with Crippen LogP contribution in [0.25, 0.3) is 0 Å². The fourth-order valence-corrected chi connectivity index (χ4v) is 3.85. The minimum absolute atomic E-state index is 0.0109. The average Bonchev–Trinajstić information content (AvgIpc) is 3.36. The van der Waals surface area contributed by atoms with Crippen molar-refractivity contribution in [2.24, 2.45) is 17.8 Å². The van der Waals surface area contributed by atoms with E-state index in [-0.39, 0.29) is 35.9 Å². The van der Waals surface area contributed by atoms with Crippen LogP contribution in [0.3, 0.4) is 0 Å². The molecule has 2 heterocycles. The van der Waals surface area contributed by atoms with Crippen molar-refractivity contribution in [3.8, 4) is 0 Å². The summed E-state index contributed by atoms with van der Waals surface area (Å²) in [6, 6.07) is 9.78. The Bertz CT molecular complexity index is 576. The van der Waals surface area contributed by atoms with E-state index in [1.165, 1.54) is 7.11 Å². The normalized spacial score (nSPS) is 41.6. The Morgan fingerprint density at radius 1 is 1.13 bits per heavy atom. The highest BCUT2D eigenvalue weighted by atomic mass is 16.7. The number of rotatable bonds is 3. The van der Waals surface area contributed by atoms with E-state index in [0.717, 1.165) is 5.56 Å². The van der Waals surface area contributed by atoms with E-state index in [2.05, 4.69) is 0 Å². The third kappa shape index (κ3) is 2.46. The zero-order valence-electron chi connectivity index (χ0n) is 13.1. The first-order valence-electron chi connectivity index (χ1n) is 7.82. The first-order valence-corrected chi connectivity index (χ1v) is 7.82. The lowest BCUT2D eigenvalue weighted by Gasteiger charge is -2.41. The van der Waals surface area contributed by atoms with E-state index in [0.29, 0.717) is 6.61 Å². The number of hydrogen-bond acceptors (Lipinski definition) is 6. The van der Waals surface area contributed by atoms with Crippen molar-refractivity contribution in [1.29, 1.82) is 0 Å². The average molecular weight is 320 g/mol. The molecule has 0 aromatic heterocycles. The number of benzene rings is 1. The van der Waals surface area contributed by atoms with Crippen molar-refractivity contribution < 1.29 is 28.5 Å². The van der Waals surface area contributed by atoms with Crippen molar-refractivity contribution in [1.82, 2.24) is 0 Å². The van der Waals surface area contributed by atoms with E-state index >= 15 is 0 Å². The maximum Gasteiger partial charge on any atom is 0.309 e. The van der Waals surface area contributed by atoms with E-state index in [1.54, 1.807) is 7.11 Å². The van der Waals surface area contributed by atoms with Gasteiger partial charge in [-0.1, -0.05) is 30.3 Å². The highest BCUT2D eigenvalue weighted by Crippen LogP contribution is 2.58. The van der Waals surface area contributed by atoms with Crippen molar-refractivity contribution in [2.75, 3.05) is 20.8 Å². The van der Waals surface area contributed by atoms with Crippen LogP contribution in [0.2, 0.25) is 0 Å². The molecule has 3 aliphatic rings. The Morgan fingerprint density at radius 2 is 1.91 bits per heavy atom. The van der Waals surface area contributed by atoms with Crippen LogP contribution in [0.1, 0.15) is 11.9 Å². The van der Waals surface area contributed by atoms with Gasteiger partial charge < -0.3 is 23.7 Å². The van der Waals surface area contributed by atoms with Crippen LogP contribution in [-0.4, -0.2) is 45.3 Å². The SMILES string of the molecule is COC(=O)[C@@H]1C2[C@H]1[C@@H](OC)O[C@@H]1CO[C@@H](c3ccccc3)O[C@@H]21. The number of fused-ring (bicyclic) bond motifs is 3. The second-order valence-electron chi connectivity index (χ2n) is 6.16. The molecule has 1 saturated carbocycles. The molecular formula is C17H20O6. The fourth-order valence-electron chi connectivity index (χ4n) is 3.85. The van der Waals surface area contributed by atoms with Gasteiger partial charge in [0, 0.05) is 24.5 Å². The summed E-state index contributed by atoms with van der Waals surface area (Å²) in [4.78, 5) is 12.0. The molecule has 0 N–H and O–H groups in total. The molecule has 0 radical (unpaired) electrons. The van der Waals surface area contributed by atoms with Crippen LogP contribution >= 0.6 is 0 Å². The Balaban J connectivity index is 1.54. The van der Waals surface area contributed by atoms with Gasteiger partial charge in [0.1, 0.15) is 6.10 Å². The number of methoxy groups -OCH3 is 2. The Kier molecular flexibility index (Phi) is 3.85. The topological polar surface area (TPSA) is 63.2 Å². The van der Waals surface area contributed by atoms with Gasteiger partial charge in [0.2, 0.25) is 0 Å². The van der Waals surface area contributed by atoms with Crippen LogP contribution < -0.4 is 0 Å². The summed E-state index contributed by atoms with van der Waals surface area (Å²) in [7, 11) is 3.00. The van der Waals surface area contributed by atoms with E-state index in [4.69, 9.17) is 23.7 Å². The Hall–Kier alpha value is -1.47. The molecular weight excluding hydrogens is 300 g/mol. The Morgan fingerprint density at radius 3 is 2.61 bits per heavy atom. The van der Waals surface area contributed by atoms with Gasteiger partial charge in [-0.05, 0) is 0 Å². The smallest absolute Gasteiger partial charge is 0.309 e. The standard InChI is InChI=1S/C17H20O6/c1-19-15(18)12-11-13(12)17(20-2)22-10-8-21-16(23-14(10)11)9-6-4-3-5-7-9/h3-7,10-14,16-17H,8H2,1-2H3/t10-,11?,12-,13-,14-,16-,17+/m1/s1. The van der Waals surface area contributed by atoms with Gasteiger partial charge in [-0.3, -0.25) is 4.79 Å². The molecule has 7 atom stereocenters. The zero-order valence-corrected chi connectivity index (χ0v) is 13.1. The number of carbonyl (C=O) groups is 1. The van der Waals surface area contributed by atoms with Crippen LogP contribution in [-0.2, 0) is 28.5 Å². The maximum atomic E-state index is 12.0. The summed E-state index contributed by atoms with van der Waals surface area (Å²) in [5.41, 5.74) is 0.964. The quantitative estimate of drug-likeness (QED) is 0.787. The molecule has 3 fully saturated rings. The van der Waals surface area contributed by atoms with Crippen LogP contribution in [0.5, 0.6) is 0 Å². The van der Waals surface area contributed by atoms with Crippen LogP contribution in [0.15, 0.2) is 30.3 Å². The van der Waals surface area contributed by atoms with Gasteiger partial charge in [0.05, 0.1) is 25.7 Å². The molecule has 124 valence electrons. The Labute approximate surface area is 134 Å². The van der Waals surface area contributed by atoms with E-state index in [1.807, 2.05) is 30.3 Å². The molecule has 1 aliphatic carbocycles. The van der Waals surface area contributed by atoms with Crippen molar-refractivity contribution in [3.63, 3.8) is 0 Å². The van der Waals surface area contributed by atoms with Crippen molar-refractivity contribution >= 4 is 5.97 Å². The van der Waals surface area contributed by atoms with Gasteiger partial charge in [-0.2, -0.15) is 0 Å². The molecule has 1 aromatic carbocycles. The van der Waals surface area contributed by atoms with Crippen molar-refractivity contribution in [3.05, 3.63) is 35.9 Å². The molecule has 6 heteroatoms. The predicted octanol–water partition coefficient (Wildman–Crippen LogP) is 1.51. The summed E-state index contributed by atoms with van der Waals surface area (Å²) < 4.78 is 28.2. The summed E-state index contributed by atoms with van der Waals surface area (Å²) in [5.74, 6) is -0.406. The molecule has 0 amide bonds. The first-order chi connectivity index (χ1) is 11.2. The van der Waals surface area contributed by atoms with Crippen LogP contribution in [0, 0.1) is 17.8 Å². The molecule has 2 saturated heterocycles. The van der Waals surface area contributed by atoms with Crippen LogP contribution in [0.4, 0.5) is 0 Å². The largest absolute Gasteiger partial charge is 0.469 e. The molecule has 1 unspecified atom stereocenters. The molecule has 2 aliphatic heterocycles. The number of esters is 1. The lowest BCUT2D eigenvalue weighted by atomic mass is 10.0. The monoisotopic (exact) mass is 320 g/mol. The number of carbonyl (C=O) groups excluding carboxylic acids is 1. The minimum Gasteiger partial charge on any atom is -0.469 e. The third-order valence-electron chi connectivity index (χ3n) is 4.97. The minimum atomic E-state index is -0.431. The summed E-state index contributed by atoms with van der Waals surface area (Å²) in [6.45, 7) is 0.418. The second kappa shape index (κ2) is 5.87. The van der Waals surface area contributed by atoms with E-state index in [9.17, 15) is 4.79 Å². The van der Waals surface area contributed by atoms with Crippen molar-refractivity contribution in [2.45, 2.75) is 24.8 Å². The van der Waals surface area contributed by atoms with Gasteiger partial charge >= 0.3 is 5.97 Å². The molecule has 0 bridgehead atoms. The maximum absolute atomic E-state index is 12.0. The molecule has 0 spiro atoms. The van der Waals surface area contributed by atoms with Gasteiger partial charge in [0.15, 0.2) is 12.6 Å². The summed E-state index contributed by atoms with van der Waals surface area (Å²) >= 11 is 0. The summed E-state index contributed by atoms with van der Waals surface area (Å²) in [6.07, 6.45) is -1.25. The lowest BCUT2D eigenvalue weighted by molar-refractivity contribution is -0.316. The van der Waals surface area contributed by atoms with E-state index < -0.39 is 12.6 Å². The van der Waals surface area contributed by atoms with Gasteiger partial charge in [-0.15, -0.1) is 0 Å². The highest BCUT2D eigenvalue weighted by Gasteiger charge is 2.69. The van der Waals surface area contributed by atoms with Gasteiger partial charge in [-0.25, -0.2) is 0 Å². The number of ether oxygens (including phenoxy) is 5. The zero-order chi connectivity index (χ0) is 16.0. The highest BCUT2D eigenvalue weighted by molar-refractivity contribution is 5.76. The third-order valence-corrected chi connectivity index (χ3v) is 4.97. The van der Waals surface area contributed by atoms with Gasteiger partial charge in [0.25, 0.3) is 0 Å². The molecule has 6 nitrogen and oxygen atoms in total. The second-order valence-corrected chi connectivity index (χ2v) is 6.16. The number of hydrogen-bond donors (Lipinski definition) is 0. The fraction of sp³-hybridized carbons (Fsp3) is 0.588. The molecule has 1 aromatic rings. The first kappa shape index (κ1) is 15.1. The summed E-state index contributed by atoms with van der Waals surface area (Å²) in [5, 5.41) is 0.